The fourth-order valence-corrected chi connectivity index (χ4v) is 20.0. The highest BCUT2D eigenvalue weighted by Crippen LogP contribution is 2.36. The normalized spacial score (nSPS) is 18.4. The van der Waals surface area contributed by atoms with Crippen molar-refractivity contribution in [1.82, 2.24) is 40.0 Å². The highest BCUT2D eigenvalue weighted by molar-refractivity contribution is 5.98. The Hall–Kier alpha value is -8.06. The maximum Gasteiger partial charge on any atom is 0.247 e. The van der Waals surface area contributed by atoms with E-state index in [1.807, 2.05) is 219 Å². The molecule has 23 nitrogen and oxygen atoms in total. The summed E-state index contributed by atoms with van der Waals surface area (Å²) in [5, 5.41) is 9.34. The number of rotatable bonds is 51. The van der Waals surface area contributed by atoms with Crippen molar-refractivity contribution in [3.8, 4) is 0 Å². The molecule has 0 aromatic heterocycles. The first-order valence-corrected chi connectivity index (χ1v) is 48.4. The van der Waals surface area contributed by atoms with Crippen LogP contribution < -0.4 is 16.0 Å². The fourth-order valence-electron chi connectivity index (χ4n) is 20.0. The van der Waals surface area contributed by atoms with Crippen molar-refractivity contribution >= 4 is 64.4 Å². The van der Waals surface area contributed by atoms with Crippen LogP contribution in [0.25, 0.3) is 0 Å². The third-order valence-electron chi connectivity index (χ3n) is 27.4. The Balaban J connectivity index is 0.000000460. The van der Waals surface area contributed by atoms with Crippen LogP contribution in [0.2, 0.25) is 0 Å². The van der Waals surface area contributed by atoms with Crippen molar-refractivity contribution in [3.05, 3.63) is 137 Å². The Kier molecular flexibility index (Phi) is 46.5. The lowest BCUT2D eigenvalue weighted by molar-refractivity contribution is -0.149. The quantitative estimate of drug-likeness (QED) is 0.0347. The van der Waals surface area contributed by atoms with Gasteiger partial charge in [0.2, 0.25) is 41.4 Å². The van der Waals surface area contributed by atoms with Crippen LogP contribution in [-0.2, 0) is 87.8 Å². The summed E-state index contributed by atoms with van der Waals surface area (Å²) in [7, 11) is 17.5. The highest BCUT2D eigenvalue weighted by Gasteiger charge is 2.47. The molecule has 0 saturated carbocycles. The molecule has 0 aliphatic carbocycles. The number of Topliss-reactive ketones (excluding diaryl/α,β-unsaturated/α-hetero) is 3. The van der Waals surface area contributed by atoms with E-state index in [2.05, 4.69) is 85.2 Å². The van der Waals surface area contributed by atoms with Gasteiger partial charge in [-0.3, -0.25) is 57.7 Å². The predicted molar refractivity (Wildman–Crippen MR) is 523 cm³/mol. The molecule has 130 heavy (non-hydrogen) atoms. The van der Waals surface area contributed by atoms with Crippen LogP contribution in [-0.4, -0.2) is 245 Å². The average molecular weight is 1810 g/mol. The SMILES string of the molecule is CC[C@H](C)[C@@H]([C@@H](CC(=O)N1CCC[C@H]1[C@H](OC)[C@@H](C)C(=O)N[C@@H](Cc1ccccc1)C(=O)Nc1ccc(CC(C)(C)C)cc1)OC)N(C)C(=O)[C@@H](CC(=O)[C@H](C(C)C)N(C)C)[C@@H](C)CC.CC[C@H](C)[C@@H]([C@@H](CC(=O)N1CCC[C@H]1[C@H](OC)[C@@H](C)C(=O)N[C@H](CCC(=O)c1ccc(CC(C)(C)C)cc1)Cc1ccccc1)OC)N(C)C(=O)[C@@H](CC(=O)[C@H](C(C)C)N(C)C)C(C)C. The maximum atomic E-state index is 14.6. The van der Waals surface area contributed by atoms with Crippen LogP contribution >= 0.6 is 0 Å². The smallest absolute Gasteiger partial charge is 0.247 e. The molecule has 23 heteroatoms. The van der Waals surface area contributed by atoms with E-state index in [0.717, 1.165) is 56.1 Å². The van der Waals surface area contributed by atoms with Crippen molar-refractivity contribution < 1.29 is 66.9 Å². The lowest BCUT2D eigenvalue weighted by atomic mass is 9.82. The molecule has 728 valence electrons. The molecular weight excluding hydrogens is 1640 g/mol. The molecule has 2 aliphatic heterocycles. The largest absolute Gasteiger partial charge is 0.379 e. The molecule has 0 unspecified atom stereocenters. The van der Waals surface area contributed by atoms with E-state index in [9.17, 15) is 47.9 Å². The lowest BCUT2D eigenvalue weighted by Crippen LogP contribution is -2.55. The molecule has 2 fully saturated rings. The molecule has 0 radical (unpaired) electrons. The van der Waals surface area contributed by atoms with E-state index < -0.39 is 72.3 Å². The third-order valence-corrected chi connectivity index (χ3v) is 27.4. The van der Waals surface area contributed by atoms with Gasteiger partial charge in [-0.05, 0) is 160 Å². The number of likely N-dealkylation sites (tertiary alicyclic amines) is 2. The summed E-state index contributed by atoms with van der Waals surface area (Å²) in [4.78, 5) is 152. The van der Waals surface area contributed by atoms with Gasteiger partial charge in [0.25, 0.3) is 0 Å². The molecule has 19 atom stereocenters. The number of nitrogens with one attached hydrogen (secondary N) is 3. The highest BCUT2D eigenvalue weighted by atomic mass is 16.5. The van der Waals surface area contributed by atoms with Crippen LogP contribution in [0.1, 0.15) is 255 Å². The number of hydrogen-bond acceptors (Lipinski definition) is 16. The molecule has 2 saturated heterocycles. The number of ether oxygens (including phenoxy) is 4. The number of amides is 7. The molecule has 2 heterocycles. The number of hydrogen-bond donors (Lipinski definition) is 3. The zero-order chi connectivity index (χ0) is 97.5. The zero-order valence-corrected chi connectivity index (χ0v) is 85.4. The van der Waals surface area contributed by atoms with Gasteiger partial charge in [0.1, 0.15) is 6.04 Å². The Bertz CT molecular complexity index is 4130. The molecule has 2 aliphatic rings. The van der Waals surface area contributed by atoms with Crippen LogP contribution in [0.15, 0.2) is 109 Å². The van der Waals surface area contributed by atoms with Gasteiger partial charge in [-0.15, -0.1) is 0 Å². The second-order valence-corrected chi connectivity index (χ2v) is 41.6. The minimum Gasteiger partial charge on any atom is -0.379 e. The number of likely N-dealkylation sites (N-methyl/N-ethyl adjacent to an activating group) is 4. The van der Waals surface area contributed by atoms with E-state index in [4.69, 9.17) is 18.9 Å². The molecule has 6 rings (SSSR count). The third kappa shape index (κ3) is 33.5. The van der Waals surface area contributed by atoms with Gasteiger partial charge >= 0.3 is 0 Å². The summed E-state index contributed by atoms with van der Waals surface area (Å²) in [5.41, 5.74) is 5.93. The second-order valence-electron chi connectivity index (χ2n) is 41.6. The van der Waals surface area contributed by atoms with Crippen LogP contribution in [0.5, 0.6) is 0 Å². The Labute approximate surface area is 783 Å². The maximum absolute atomic E-state index is 14.6. The van der Waals surface area contributed by atoms with E-state index in [1.54, 1.807) is 59.3 Å². The number of carbonyl (C=O) groups is 10. The van der Waals surface area contributed by atoms with Gasteiger partial charge in [0.05, 0.1) is 85.3 Å². The number of ketones is 3. The Morgan fingerprint density at radius 1 is 0.438 bits per heavy atom. The summed E-state index contributed by atoms with van der Waals surface area (Å²) in [6.07, 6.45) is 6.39. The van der Waals surface area contributed by atoms with E-state index in [1.165, 1.54) is 11.1 Å². The number of benzene rings is 4. The molecule has 7 amide bonds. The van der Waals surface area contributed by atoms with Crippen LogP contribution in [0.4, 0.5) is 5.69 Å². The summed E-state index contributed by atoms with van der Waals surface area (Å²) in [5.74, 6) is -3.47. The van der Waals surface area contributed by atoms with Gasteiger partial charge in [-0.1, -0.05) is 255 Å². The summed E-state index contributed by atoms with van der Waals surface area (Å²) < 4.78 is 24.4. The Morgan fingerprint density at radius 3 is 1.19 bits per heavy atom. The van der Waals surface area contributed by atoms with Crippen molar-refractivity contribution in [2.45, 2.75) is 320 Å². The monoisotopic (exact) mass is 1810 g/mol. The standard InChI is InChI=1S/C54H86N4O7.C53H85N5O7/c1-16-37(6)50(57(13)53(63)43(35(2)3)32-46(60)49(36(4)5)56(11)12)47(64-14)33-48(61)58-30-20-23-44(58)51(65-15)38(7)52(62)55-42(31-39-21-18-17-19-22-39)28-29-45(59)41-26-24-40(25-27-41)34-54(8,9)10;1-16-35(5)41(31-44(59)47(34(3)4)56(11)12)52(63)57(13)48(36(6)17-2)45(64-14)32-46(60)58-29-21-24-43(58)49(65-15)37(7)50(61)55-42(30-38-22-19-18-20-23-38)51(62)54-40-27-25-39(26-28-40)33-53(8,9)10/h17-19,21-22,24-27,35-38,42-44,47,49-51H,16,20,23,28-34H2,1-15H3,(H,55,62);18-20,22-23,25-28,34-37,41-43,45,47-49H,16-17,21,24,29-33H2,1-15H3,(H,54,62)(H,55,61)/t37-,38+,42+,43-,44-,47+,49-,50-,51+;35-,36-,37+,41-,42-,43-,45+,47-,48-,49+/m00/s1. The molecule has 0 spiro atoms. The first-order chi connectivity index (χ1) is 61.1. The van der Waals surface area contributed by atoms with E-state index >= 15 is 0 Å². The number of methoxy groups -OCH3 is 4. The minimum absolute atomic E-state index is 0.00155. The summed E-state index contributed by atoms with van der Waals surface area (Å²) in [6.45, 7) is 42.3. The van der Waals surface area contributed by atoms with Gasteiger partial charge in [-0.25, -0.2) is 0 Å². The average Bonchev–Trinajstić information content (AvgIpc) is 1.53. The molecule has 0 bridgehead atoms. The minimum atomic E-state index is -0.872. The number of anilines is 1. The molecule has 3 N–H and O–H groups in total. The molecular formula is C107H171N9O14. The number of nitrogens with zero attached hydrogens (tertiary/aromatic N) is 6. The van der Waals surface area contributed by atoms with Crippen molar-refractivity contribution in [1.29, 1.82) is 0 Å². The van der Waals surface area contributed by atoms with Crippen LogP contribution in [0, 0.1) is 70.0 Å². The van der Waals surface area contributed by atoms with Gasteiger partial charge in [-0.2, -0.15) is 0 Å². The van der Waals surface area contributed by atoms with Gasteiger partial charge in [0.15, 0.2) is 17.3 Å². The van der Waals surface area contributed by atoms with Crippen molar-refractivity contribution in [3.63, 3.8) is 0 Å². The zero-order valence-electron chi connectivity index (χ0n) is 85.4. The molecule has 4 aromatic carbocycles. The number of carbonyl (C=O) groups excluding carboxylic acids is 10. The first-order valence-electron chi connectivity index (χ1n) is 48.4. The van der Waals surface area contributed by atoms with Crippen molar-refractivity contribution in [2.24, 2.45) is 70.0 Å². The summed E-state index contributed by atoms with van der Waals surface area (Å²) >= 11 is 0. The molecule has 4 aromatic rings. The fraction of sp³-hybridized carbons (Fsp3) is 0.682. The lowest BCUT2D eigenvalue weighted by Gasteiger charge is -2.41. The van der Waals surface area contributed by atoms with Crippen molar-refractivity contribution in [2.75, 3.05) is 89.1 Å². The van der Waals surface area contributed by atoms with Gasteiger partial charge < -0.3 is 54.5 Å². The van der Waals surface area contributed by atoms with E-state index in [0.29, 0.717) is 50.0 Å². The summed E-state index contributed by atoms with van der Waals surface area (Å²) in [6, 6.07) is 31.9. The second kappa shape index (κ2) is 53.7. The topological polar surface area (TPSA) is 263 Å². The Morgan fingerprint density at radius 2 is 0.823 bits per heavy atom. The van der Waals surface area contributed by atoms with E-state index in [-0.39, 0.29) is 168 Å². The first kappa shape index (κ1) is 112. The van der Waals surface area contributed by atoms with Gasteiger partial charge in [0, 0.05) is 110 Å². The van der Waals surface area contributed by atoms with Crippen LogP contribution in [0.3, 0.4) is 0 Å². The predicted octanol–water partition coefficient (Wildman–Crippen LogP) is 16.8.